The van der Waals surface area contributed by atoms with E-state index in [0.29, 0.717) is 11.4 Å². The summed E-state index contributed by atoms with van der Waals surface area (Å²) in [5.41, 5.74) is 2.91. The number of rotatable bonds is 6. The van der Waals surface area contributed by atoms with Gasteiger partial charge in [-0.05, 0) is 84.5 Å². The van der Waals surface area contributed by atoms with Crippen LogP contribution in [0, 0.1) is 17.4 Å². The number of hydrogen-bond donors (Lipinski definition) is 1. The summed E-state index contributed by atoms with van der Waals surface area (Å²) in [7, 11) is -3.91. The fourth-order valence-corrected chi connectivity index (χ4v) is 4.83. The van der Waals surface area contributed by atoms with E-state index in [-0.39, 0.29) is 11.4 Å². The highest BCUT2D eigenvalue weighted by atomic mass is 127. The maximum atomic E-state index is 13.3. The molecule has 3 rings (SSSR count). The number of carbonyl (C=O) groups is 1. The Hall–Kier alpha value is -2.39. The molecule has 0 heterocycles. The highest BCUT2D eigenvalue weighted by Gasteiger charge is 2.28. The molecule has 0 aliphatic carbocycles. The number of sulfonamides is 1. The van der Waals surface area contributed by atoms with E-state index in [4.69, 9.17) is 0 Å². The second kappa shape index (κ2) is 8.96. The van der Waals surface area contributed by atoms with E-state index in [1.807, 2.05) is 38.1 Å². The molecule has 0 aromatic heterocycles. The zero-order chi connectivity index (χ0) is 21.0. The Labute approximate surface area is 184 Å². The summed E-state index contributed by atoms with van der Waals surface area (Å²) in [6.07, 6.45) is 0. The molecule has 5 nitrogen and oxygen atoms in total. The van der Waals surface area contributed by atoms with Crippen LogP contribution in [0.2, 0.25) is 0 Å². The summed E-state index contributed by atoms with van der Waals surface area (Å²) >= 11 is 2.18. The topological polar surface area (TPSA) is 66.5 Å². The van der Waals surface area contributed by atoms with Crippen LogP contribution in [0.3, 0.4) is 0 Å². The van der Waals surface area contributed by atoms with Crippen molar-refractivity contribution in [3.63, 3.8) is 0 Å². The van der Waals surface area contributed by atoms with Crippen molar-refractivity contribution in [3.8, 4) is 0 Å². The number of anilines is 2. The molecule has 150 valence electrons. The fourth-order valence-electron chi connectivity index (χ4n) is 2.97. The van der Waals surface area contributed by atoms with Crippen LogP contribution in [-0.2, 0) is 14.8 Å². The van der Waals surface area contributed by atoms with Gasteiger partial charge in [0.1, 0.15) is 6.54 Å². The Morgan fingerprint density at radius 3 is 2.24 bits per heavy atom. The lowest BCUT2D eigenvalue weighted by molar-refractivity contribution is -0.114. The molecule has 1 amide bonds. The lowest BCUT2D eigenvalue weighted by atomic mass is 10.1. The summed E-state index contributed by atoms with van der Waals surface area (Å²) in [6.45, 7) is 3.45. The largest absolute Gasteiger partial charge is 0.325 e. The Balaban J connectivity index is 1.96. The summed E-state index contributed by atoms with van der Waals surface area (Å²) in [5.74, 6) is -0.411. The molecule has 0 fully saturated rings. The van der Waals surface area contributed by atoms with Crippen molar-refractivity contribution >= 4 is 49.9 Å². The first kappa shape index (κ1) is 21.3. The van der Waals surface area contributed by atoms with Crippen LogP contribution in [0.1, 0.15) is 11.1 Å². The number of amides is 1. The highest BCUT2D eigenvalue weighted by Crippen LogP contribution is 2.27. The van der Waals surface area contributed by atoms with Gasteiger partial charge in [-0.3, -0.25) is 9.10 Å². The van der Waals surface area contributed by atoms with E-state index < -0.39 is 15.9 Å². The maximum absolute atomic E-state index is 13.3. The van der Waals surface area contributed by atoms with Gasteiger partial charge in [-0.1, -0.05) is 35.9 Å². The third-order valence-electron chi connectivity index (χ3n) is 4.37. The third kappa shape index (κ3) is 5.16. The Morgan fingerprint density at radius 1 is 0.966 bits per heavy atom. The normalized spacial score (nSPS) is 11.1. The second-order valence-electron chi connectivity index (χ2n) is 6.67. The van der Waals surface area contributed by atoms with E-state index in [0.717, 1.165) is 14.7 Å². The number of halogens is 1. The molecule has 29 heavy (non-hydrogen) atoms. The molecule has 1 N–H and O–H groups in total. The number of benzene rings is 3. The van der Waals surface area contributed by atoms with Crippen molar-refractivity contribution in [2.24, 2.45) is 0 Å². The van der Waals surface area contributed by atoms with E-state index in [9.17, 15) is 13.2 Å². The van der Waals surface area contributed by atoms with Gasteiger partial charge in [-0.25, -0.2) is 8.42 Å². The van der Waals surface area contributed by atoms with Crippen LogP contribution >= 0.6 is 22.6 Å². The van der Waals surface area contributed by atoms with Gasteiger partial charge in [0.15, 0.2) is 0 Å². The van der Waals surface area contributed by atoms with Crippen LogP contribution in [0.15, 0.2) is 77.7 Å². The minimum absolute atomic E-state index is 0.141. The van der Waals surface area contributed by atoms with Gasteiger partial charge < -0.3 is 5.32 Å². The molecule has 0 bridgehead atoms. The van der Waals surface area contributed by atoms with Gasteiger partial charge in [-0.15, -0.1) is 0 Å². The first-order chi connectivity index (χ1) is 13.8. The lowest BCUT2D eigenvalue weighted by Crippen LogP contribution is -2.38. The number of hydrogen-bond acceptors (Lipinski definition) is 3. The van der Waals surface area contributed by atoms with Gasteiger partial charge in [0, 0.05) is 9.26 Å². The monoisotopic (exact) mass is 520 g/mol. The SMILES string of the molecule is Cc1ccc(N(CC(=O)Nc2ccc(I)cc2)S(=O)(=O)c2ccccc2)c(C)c1. The predicted octanol–water partition coefficient (Wildman–Crippen LogP) is 4.74. The summed E-state index contributed by atoms with van der Waals surface area (Å²) in [6, 6.07) is 20.9. The van der Waals surface area contributed by atoms with Crippen molar-refractivity contribution in [1.29, 1.82) is 0 Å². The van der Waals surface area contributed by atoms with Crippen LogP contribution in [0.25, 0.3) is 0 Å². The molecule has 0 aliphatic heterocycles. The van der Waals surface area contributed by atoms with Crippen molar-refractivity contribution in [2.75, 3.05) is 16.2 Å². The van der Waals surface area contributed by atoms with E-state index >= 15 is 0 Å². The Bertz CT molecular complexity index is 1110. The molecule has 3 aromatic rings. The van der Waals surface area contributed by atoms with Gasteiger partial charge in [0.05, 0.1) is 10.6 Å². The zero-order valence-corrected chi connectivity index (χ0v) is 19.1. The standard InChI is InChI=1S/C22H21IN2O3S/c1-16-8-13-21(17(2)14-16)25(29(27,28)20-6-4-3-5-7-20)15-22(26)24-19-11-9-18(23)10-12-19/h3-14H,15H2,1-2H3,(H,24,26). The van der Waals surface area contributed by atoms with E-state index in [1.165, 1.54) is 16.4 Å². The van der Waals surface area contributed by atoms with Crippen LogP contribution in [0.4, 0.5) is 11.4 Å². The number of carbonyl (C=O) groups excluding carboxylic acids is 1. The third-order valence-corrected chi connectivity index (χ3v) is 6.86. The average Bonchev–Trinajstić information content (AvgIpc) is 2.69. The maximum Gasteiger partial charge on any atom is 0.264 e. The van der Waals surface area contributed by atoms with Crippen LogP contribution in [0.5, 0.6) is 0 Å². The smallest absolute Gasteiger partial charge is 0.264 e. The molecule has 0 saturated carbocycles. The molecule has 0 saturated heterocycles. The van der Waals surface area contributed by atoms with E-state index in [2.05, 4.69) is 27.9 Å². The number of nitrogens with zero attached hydrogens (tertiary/aromatic N) is 1. The summed E-state index contributed by atoms with van der Waals surface area (Å²) in [4.78, 5) is 12.9. The molecule has 7 heteroatoms. The predicted molar refractivity (Wildman–Crippen MR) is 125 cm³/mol. The van der Waals surface area contributed by atoms with Gasteiger partial charge in [-0.2, -0.15) is 0 Å². The molecule has 3 aromatic carbocycles. The molecule has 0 radical (unpaired) electrons. The Morgan fingerprint density at radius 2 is 1.62 bits per heavy atom. The minimum atomic E-state index is -3.91. The van der Waals surface area contributed by atoms with Crippen LogP contribution in [-0.4, -0.2) is 20.9 Å². The molecule has 0 unspecified atom stereocenters. The van der Waals surface area contributed by atoms with Crippen molar-refractivity contribution in [1.82, 2.24) is 0 Å². The molecule has 0 aliphatic rings. The molecule has 0 spiro atoms. The first-order valence-electron chi connectivity index (χ1n) is 8.98. The fraction of sp³-hybridized carbons (Fsp3) is 0.136. The number of aryl methyl sites for hydroxylation is 2. The van der Waals surface area contributed by atoms with Gasteiger partial charge >= 0.3 is 0 Å². The zero-order valence-electron chi connectivity index (χ0n) is 16.1. The van der Waals surface area contributed by atoms with Crippen molar-refractivity contribution < 1.29 is 13.2 Å². The highest BCUT2D eigenvalue weighted by molar-refractivity contribution is 14.1. The molecular weight excluding hydrogens is 499 g/mol. The number of nitrogens with one attached hydrogen (secondary N) is 1. The minimum Gasteiger partial charge on any atom is -0.325 e. The van der Waals surface area contributed by atoms with Crippen LogP contribution < -0.4 is 9.62 Å². The lowest BCUT2D eigenvalue weighted by Gasteiger charge is -2.26. The summed E-state index contributed by atoms with van der Waals surface area (Å²) < 4.78 is 28.9. The Kier molecular flexibility index (Phi) is 6.59. The van der Waals surface area contributed by atoms with Gasteiger partial charge in [0.25, 0.3) is 10.0 Å². The van der Waals surface area contributed by atoms with Crippen molar-refractivity contribution in [3.05, 3.63) is 87.5 Å². The van der Waals surface area contributed by atoms with E-state index in [1.54, 1.807) is 36.4 Å². The molecule has 0 atom stereocenters. The quantitative estimate of drug-likeness (QED) is 0.478. The van der Waals surface area contributed by atoms with Crippen molar-refractivity contribution in [2.45, 2.75) is 18.7 Å². The van der Waals surface area contributed by atoms with Gasteiger partial charge in [0.2, 0.25) is 5.91 Å². The molecular formula is C22H21IN2O3S. The summed E-state index contributed by atoms with van der Waals surface area (Å²) in [5, 5.41) is 2.78. The first-order valence-corrected chi connectivity index (χ1v) is 11.5. The second-order valence-corrected chi connectivity index (χ2v) is 9.78. The average molecular weight is 520 g/mol.